The summed E-state index contributed by atoms with van der Waals surface area (Å²) in [6, 6.07) is 10.2. The van der Waals surface area contributed by atoms with E-state index in [-0.39, 0.29) is 17.9 Å². The van der Waals surface area contributed by atoms with Gasteiger partial charge in [-0.1, -0.05) is 30.3 Å². The van der Waals surface area contributed by atoms with E-state index < -0.39 is 6.10 Å². The molecule has 1 amide bonds. The van der Waals surface area contributed by atoms with Gasteiger partial charge in [-0.05, 0) is 39.3 Å². The SMILES string of the molecule is CCn1ncc(NC(=O)[C@@H]2CC[C@@H](N(C)Cc3ccccc3)[C@H]2O)c1C. The Balaban J connectivity index is 1.61. The Kier molecular flexibility index (Phi) is 5.74. The fraction of sp³-hybridized carbons (Fsp3) is 0.500. The topological polar surface area (TPSA) is 70.4 Å². The minimum atomic E-state index is -0.662. The Morgan fingerprint density at radius 1 is 1.35 bits per heavy atom. The van der Waals surface area contributed by atoms with Gasteiger partial charge in [0.25, 0.3) is 0 Å². The summed E-state index contributed by atoms with van der Waals surface area (Å²) >= 11 is 0. The normalized spacial score (nSPS) is 22.7. The zero-order valence-corrected chi connectivity index (χ0v) is 15.7. The van der Waals surface area contributed by atoms with E-state index in [9.17, 15) is 9.90 Å². The van der Waals surface area contributed by atoms with Crippen LogP contribution in [0.15, 0.2) is 36.5 Å². The molecule has 2 N–H and O–H groups in total. The van der Waals surface area contributed by atoms with Crippen LogP contribution in [0.3, 0.4) is 0 Å². The lowest BCUT2D eigenvalue weighted by Gasteiger charge is -2.28. The Morgan fingerprint density at radius 3 is 2.73 bits per heavy atom. The van der Waals surface area contributed by atoms with Crippen LogP contribution in [0.2, 0.25) is 0 Å². The van der Waals surface area contributed by atoms with Gasteiger partial charge in [-0.2, -0.15) is 5.10 Å². The van der Waals surface area contributed by atoms with Crippen molar-refractivity contribution in [2.45, 2.75) is 51.9 Å². The highest BCUT2D eigenvalue weighted by atomic mass is 16.3. The monoisotopic (exact) mass is 356 g/mol. The van der Waals surface area contributed by atoms with Gasteiger partial charge < -0.3 is 10.4 Å². The third-order valence-corrected chi connectivity index (χ3v) is 5.42. The number of hydrogen-bond acceptors (Lipinski definition) is 4. The summed E-state index contributed by atoms with van der Waals surface area (Å²) in [5.41, 5.74) is 2.87. The zero-order chi connectivity index (χ0) is 18.7. The number of likely N-dealkylation sites (N-methyl/N-ethyl adjacent to an activating group) is 1. The number of amides is 1. The maximum absolute atomic E-state index is 12.7. The molecule has 6 heteroatoms. The minimum absolute atomic E-state index is 0.00887. The summed E-state index contributed by atoms with van der Waals surface area (Å²) in [5, 5.41) is 17.9. The van der Waals surface area contributed by atoms with Crippen LogP contribution >= 0.6 is 0 Å². The number of rotatable bonds is 6. The number of hydrogen-bond donors (Lipinski definition) is 2. The highest BCUT2D eigenvalue weighted by Crippen LogP contribution is 2.31. The molecule has 0 radical (unpaired) electrons. The quantitative estimate of drug-likeness (QED) is 0.834. The molecular weight excluding hydrogens is 328 g/mol. The predicted octanol–water partition coefficient (Wildman–Crippen LogP) is 2.42. The number of aliphatic hydroxyl groups is 1. The summed E-state index contributed by atoms with van der Waals surface area (Å²) in [5.74, 6) is -0.505. The summed E-state index contributed by atoms with van der Waals surface area (Å²) in [6.45, 7) is 5.48. The summed E-state index contributed by atoms with van der Waals surface area (Å²) in [4.78, 5) is 14.8. The predicted molar refractivity (Wildman–Crippen MR) is 102 cm³/mol. The molecule has 3 atom stereocenters. The number of aryl methyl sites for hydroxylation is 1. The van der Waals surface area contributed by atoms with Crippen molar-refractivity contribution in [2.75, 3.05) is 12.4 Å². The van der Waals surface area contributed by atoms with Crippen molar-refractivity contribution in [1.82, 2.24) is 14.7 Å². The molecule has 0 bridgehead atoms. The van der Waals surface area contributed by atoms with Gasteiger partial charge in [-0.25, -0.2) is 0 Å². The van der Waals surface area contributed by atoms with Crippen LogP contribution in [0.25, 0.3) is 0 Å². The van der Waals surface area contributed by atoms with Crippen molar-refractivity contribution in [3.05, 3.63) is 47.8 Å². The standard InChI is InChI=1S/C20H28N4O2/c1-4-24-14(2)17(12-21-24)22-20(26)16-10-11-18(19(16)25)23(3)13-15-8-6-5-7-9-15/h5-9,12,16,18-19,25H,4,10-11,13H2,1-3H3,(H,22,26)/t16-,18-,19+/m1/s1. The van der Waals surface area contributed by atoms with Crippen LogP contribution in [0.5, 0.6) is 0 Å². The lowest BCUT2D eigenvalue weighted by atomic mass is 10.0. The average molecular weight is 356 g/mol. The lowest BCUT2D eigenvalue weighted by Crippen LogP contribution is -2.42. The molecule has 1 aromatic carbocycles. The molecule has 1 fully saturated rings. The minimum Gasteiger partial charge on any atom is -0.391 e. The van der Waals surface area contributed by atoms with Crippen molar-refractivity contribution in [2.24, 2.45) is 5.92 Å². The maximum Gasteiger partial charge on any atom is 0.230 e. The Bertz CT molecular complexity index is 744. The second kappa shape index (κ2) is 8.01. The highest BCUT2D eigenvalue weighted by Gasteiger charge is 2.41. The molecule has 3 rings (SSSR count). The molecule has 0 saturated heterocycles. The Labute approximate surface area is 154 Å². The number of benzene rings is 1. The van der Waals surface area contributed by atoms with Crippen LogP contribution in [-0.4, -0.2) is 44.9 Å². The van der Waals surface area contributed by atoms with Crippen molar-refractivity contribution < 1.29 is 9.90 Å². The van der Waals surface area contributed by atoms with Gasteiger partial charge in [0.1, 0.15) is 0 Å². The lowest BCUT2D eigenvalue weighted by molar-refractivity contribution is -0.123. The summed E-state index contributed by atoms with van der Waals surface area (Å²) in [7, 11) is 2.01. The van der Waals surface area contributed by atoms with Crippen molar-refractivity contribution >= 4 is 11.6 Å². The van der Waals surface area contributed by atoms with Gasteiger partial charge in [0.2, 0.25) is 5.91 Å². The van der Waals surface area contributed by atoms with E-state index >= 15 is 0 Å². The molecule has 0 aliphatic heterocycles. The molecule has 26 heavy (non-hydrogen) atoms. The van der Waals surface area contributed by atoms with Crippen LogP contribution in [0.1, 0.15) is 31.0 Å². The first-order chi connectivity index (χ1) is 12.5. The van der Waals surface area contributed by atoms with Crippen LogP contribution in [-0.2, 0) is 17.9 Å². The third-order valence-electron chi connectivity index (χ3n) is 5.42. The molecular formula is C20H28N4O2. The number of carbonyl (C=O) groups is 1. The number of anilines is 1. The highest BCUT2D eigenvalue weighted by molar-refractivity contribution is 5.93. The van der Waals surface area contributed by atoms with Crippen molar-refractivity contribution in [3.8, 4) is 0 Å². The first-order valence-electron chi connectivity index (χ1n) is 9.26. The van der Waals surface area contributed by atoms with E-state index in [2.05, 4.69) is 27.4 Å². The molecule has 1 heterocycles. The van der Waals surface area contributed by atoms with E-state index in [4.69, 9.17) is 0 Å². The molecule has 1 aliphatic rings. The second-order valence-corrected chi connectivity index (χ2v) is 7.09. The van der Waals surface area contributed by atoms with E-state index in [0.717, 1.165) is 30.9 Å². The van der Waals surface area contributed by atoms with E-state index in [1.54, 1.807) is 6.20 Å². The summed E-state index contributed by atoms with van der Waals surface area (Å²) < 4.78 is 1.84. The van der Waals surface area contributed by atoms with Gasteiger partial charge >= 0.3 is 0 Å². The Morgan fingerprint density at radius 2 is 2.08 bits per heavy atom. The molecule has 0 spiro atoms. The molecule has 140 valence electrons. The molecule has 2 aromatic rings. The fourth-order valence-electron chi connectivity index (χ4n) is 3.83. The van der Waals surface area contributed by atoms with Crippen LogP contribution in [0, 0.1) is 12.8 Å². The van der Waals surface area contributed by atoms with Gasteiger partial charge in [0.15, 0.2) is 0 Å². The molecule has 1 aromatic heterocycles. The van der Waals surface area contributed by atoms with Crippen molar-refractivity contribution in [3.63, 3.8) is 0 Å². The number of carbonyl (C=O) groups excluding carboxylic acids is 1. The van der Waals surface area contributed by atoms with Gasteiger partial charge in [-0.3, -0.25) is 14.4 Å². The van der Waals surface area contributed by atoms with Gasteiger partial charge in [0, 0.05) is 19.1 Å². The van der Waals surface area contributed by atoms with E-state index in [1.165, 1.54) is 5.56 Å². The molecule has 1 saturated carbocycles. The Hall–Kier alpha value is -2.18. The largest absolute Gasteiger partial charge is 0.391 e. The molecule has 6 nitrogen and oxygen atoms in total. The number of aromatic nitrogens is 2. The molecule has 0 unspecified atom stereocenters. The average Bonchev–Trinajstić information content (AvgIpc) is 3.19. The van der Waals surface area contributed by atoms with Crippen molar-refractivity contribution in [1.29, 1.82) is 0 Å². The van der Waals surface area contributed by atoms with Gasteiger partial charge in [-0.15, -0.1) is 0 Å². The van der Waals surface area contributed by atoms with E-state index in [1.807, 2.05) is 43.8 Å². The second-order valence-electron chi connectivity index (χ2n) is 7.09. The third kappa shape index (κ3) is 3.81. The number of nitrogens with one attached hydrogen (secondary N) is 1. The van der Waals surface area contributed by atoms with Crippen LogP contribution < -0.4 is 5.32 Å². The number of nitrogens with zero attached hydrogens (tertiary/aromatic N) is 3. The maximum atomic E-state index is 12.7. The van der Waals surface area contributed by atoms with Gasteiger partial charge in [0.05, 0.1) is 29.6 Å². The first-order valence-corrected chi connectivity index (χ1v) is 9.26. The van der Waals surface area contributed by atoms with E-state index in [0.29, 0.717) is 6.42 Å². The summed E-state index contributed by atoms with van der Waals surface area (Å²) in [6.07, 6.45) is 2.52. The fourth-order valence-corrected chi connectivity index (χ4v) is 3.83. The zero-order valence-electron chi connectivity index (χ0n) is 15.7. The van der Waals surface area contributed by atoms with Crippen LogP contribution in [0.4, 0.5) is 5.69 Å². The number of aliphatic hydroxyl groups excluding tert-OH is 1. The first kappa shape index (κ1) is 18.6. The smallest absolute Gasteiger partial charge is 0.230 e. The molecule has 1 aliphatic carbocycles.